The lowest BCUT2D eigenvalue weighted by molar-refractivity contribution is 0.136. The molecule has 0 heterocycles. The van der Waals surface area contributed by atoms with Crippen molar-refractivity contribution in [3.63, 3.8) is 0 Å². The molecule has 18 heavy (non-hydrogen) atoms. The van der Waals surface area contributed by atoms with E-state index in [2.05, 4.69) is 55.4 Å². The zero-order valence-electron chi connectivity index (χ0n) is 13.9. The first-order valence-electron chi connectivity index (χ1n) is 7.38. The van der Waals surface area contributed by atoms with E-state index in [0.717, 1.165) is 12.8 Å². The molecule has 0 aromatic heterocycles. The third kappa shape index (κ3) is 6.19. The molecule has 110 valence electrons. The maximum absolute atomic E-state index is 6.40. The molecule has 2 heteroatoms. The zero-order valence-corrected chi connectivity index (χ0v) is 13.9. The second-order valence-electron chi connectivity index (χ2n) is 8.32. The minimum Gasteiger partial charge on any atom is -0.327 e. The van der Waals surface area contributed by atoms with Crippen LogP contribution in [0, 0.1) is 22.7 Å². The molecule has 0 aromatic carbocycles. The van der Waals surface area contributed by atoms with Gasteiger partial charge in [-0.15, -0.1) is 0 Å². The molecule has 2 nitrogen and oxygen atoms in total. The van der Waals surface area contributed by atoms with Crippen molar-refractivity contribution in [1.29, 1.82) is 0 Å². The summed E-state index contributed by atoms with van der Waals surface area (Å²) in [5.74, 6) is 1.02. The van der Waals surface area contributed by atoms with E-state index < -0.39 is 0 Å². The van der Waals surface area contributed by atoms with Crippen molar-refractivity contribution in [2.45, 2.75) is 80.3 Å². The van der Waals surface area contributed by atoms with Gasteiger partial charge >= 0.3 is 0 Å². The van der Waals surface area contributed by atoms with Crippen molar-refractivity contribution in [2.75, 3.05) is 0 Å². The van der Waals surface area contributed by atoms with E-state index in [1.807, 2.05) is 0 Å². The van der Waals surface area contributed by atoms with E-state index in [1.54, 1.807) is 0 Å². The van der Waals surface area contributed by atoms with Gasteiger partial charge in [0.2, 0.25) is 0 Å². The molecule has 3 unspecified atom stereocenters. The van der Waals surface area contributed by atoms with Crippen LogP contribution in [0.1, 0.15) is 68.2 Å². The summed E-state index contributed by atoms with van der Waals surface area (Å²) in [6.45, 7) is 18.1. The molecule has 0 bridgehead atoms. The summed E-state index contributed by atoms with van der Waals surface area (Å²) in [6.07, 6.45) is 2.11. The molecular formula is C16H36N2. The topological polar surface area (TPSA) is 52.0 Å². The third-order valence-corrected chi connectivity index (χ3v) is 4.34. The fourth-order valence-corrected chi connectivity index (χ4v) is 2.49. The van der Waals surface area contributed by atoms with Crippen LogP contribution in [0.5, 0.6) is 0 Å². The Kier molecular flexibility index (Phi) is 6.35. The average Bonchev–Trinajstić information content (AvgIpc) is 2.12. The highest BCUT2D eigenvalue weighted by molar-refractivity contribution is 4.88. The second kappa shape index (κ2) is 6.38. The first-order chi connectivity index (χ1) is 7.87. The fraction of sp³-hybridized carbons (Fsp3) is 1.00. The third-order valence-electron chi connectivity index (χ3n) is 4.34. The smallest absolute Gasteiger partial charge is 0.00746 e. The van der Waals surface area contributed by atoms with Crippen LogP contribution in [0.2, 0.25) is 0 Å². The van der Waals surface area contributed by atoms with Crippen molar-refractivity contribution in [3.8, 4) is 0 Å². The minimum atomic E-state index is 0.203. The van der Waals surface area contributed by atoms with Crippen molar-refractivity contribution < 1.29 is 0 Å². The van der Waals surface area contributed by atoms with E-state index in [4.69, 9.17) is 11.5 Å². The van der Waals surface area contributed by atoms with Gasteiger partial charge in [-0.1, -0.05) is 55.4 Å². The zero-order chi connectivity index (χ0) is 14.7. The highest BCUT2D eigenvalue weighted by Gasteiger charge is 2.34. The quantitative estimate of drug-likeness (QED) is 0.760. The van der Waals surface area contributed by atoms with Crippen LogP contribution in [0.3, 0.4) is 0 Å². The lowest BCUT2D eigenvalue weighted by atomic mass is 9.68. The number of hydrogen-bond acceptors (Lipinski definition) is 2. The van der Waals surface area contributed by atoms with Crippen LogP contribution < -0.4 is 11.5 Å². The summed E-state index contributed by atoms with van der Waals surface area (Å²) in [7, 11) is 0. The van der Waals surface area contributed by atoms with Crippen molar-refractivity contribution in [1.82, 2.24) is 0 Å². The van der Waals surface area contributed by atoms with Gasteiger partial charge in [0.1, 0.15) is 0 Å². The predicted octanol–water partition coefficient (Wildman–Crippen LogP) is 3.79. The molecule has 4 N–H and O–H groups in total. The van der Waals surface area contributed by atoms with Crippen molar-refractivity contribution >= 4 is 0 Å². The maximum atomic E-state index is 6.40. The Morgan fingerprint density at radius 1 is 0.778 bits per heavy atom. The summed E-state index contributed by atoms with van der Waals surface area (Å²) >= 11 is 0. The molecule has 0 radical (unpaired) electrons. The van der Waals surface area contributed by atoms with E-state index >= 15 is 0 Å². The van der Waals surface area contributed by atoms with E-state index in [0.29, 0.717) is 17.3 Å². The maximum Gasteiger partial charge on any atom is 0.00746 e. The summed E-state index contributed by atoms with van der Waals surface area (Å²) in [5, 5.41) is 0. The molecule has 0 aliphatic carbocycles. The van der Waals surface area contributed by atoms with Gasteiger partial charge in [0.25, 0.3) is 0 Å². The molecule has 0 saturated carbocycles. The summed E-state index contributed by atoms with van der Waals surface area (Å²) < 4.78 is 0. The van der Waals surface area contributed by atoms with Crippen molar-refractivity contribution in [2.24, 2.45) is 34.1 Å². The van der Waals surface area contributed by atoms with Crippen LogP contribution in [-0.4, -0.2) is 12.1 Å². The number of nitrogens with two attached hydrogens (primary N) is 2. The molecule has 3 atom stereocenters. The monoisotopic (exact) mass is 256 g/mol. The molecular weight excluding hydrogens is 220 g/mol. The molecule has 0 aromatic rings. The molecule has 0 aliphatic heterocycles. The highest BCUT2D eigenvalue weighted by atomic mass is 14.7. The Hall–Kier alpha value is -0.0800. The Bertz CT molecular complexity index is 238. The minimum absolute atomic E-state index is 0.203. The summed E-state index contributed by atoms with van der Waals surface area (Å²) in [6, 6.07) is 0.517. The van der Waals surface area contributed by atoms with Crippen LogP contribution in [0.15, 0.2) is 0 Å². The number of rotatable bonds is 6. The Balaban J connectivity index is 4.59. The largest absolute Gasteiger partial charge is 0.327 e. The van der Waals surface area contributed by atoms with Gasteiger partial charge in [-0.05, 0) is 35.5 Å². The van der Waals surface area contributed by atoms with Gasteiger partial charge in [-0.25, -0.2) is 0 Å². The van der Waals surface area contributed by atoms with E-state index in [-0.39, 0.29) is 17.5 Å². The van der Waals surface area contributed by atoms with Crippen LogP contribution >= 0.6 is 0 Å². The summed E-state index contributed by atoms with van der Waals surface area (Å²) in [4.78, 5) is 0. The van der Waals surface area contributed by atoms with Crippen LogP contribution in [-0.2, 0) is 0 Å². The fourth-order valence-electron chi connectivity index (χ4n) is 2.49. The standard InChI is InChI=1S/C16H36N2/c1-11(2)13(17)10-16(7,8)12(3)14(18)9-15(4,5)6/h11-14H,9-10,17-18H2,1-8H3. The Labute approximate surface area is 115 Å². The molecule has 0 aliphatic rings. The van der Waals surface area contributed by atoms with E-state index in [9.17, 15) is 0 Å². The highest BCUT2D eigenvalue weighted by Crippen LogP contribution is 2.37. The lowest BCUT2D eigenvalue weighted by Crippen LogP contribution is -2.43. The van der Waals surface area contributed by atoms with E-state index in [1.165, 1.54) is 0 Å². The van der Waals surface area contributed by atoms with Gasteiger partial charge in [0.05, 0.1) is 0 Å². The summed E-state index contributed by atoms with van der Waals surface area (Å²) in [5.41, 5.74) is 13.1. The molecule has 0 rings (SSSR count). The molecule has 0 saturated heterocycles. The van der Waals surface area contributed by atoms with Gasteiger partial charge in [-0.2, -0.15) is 0 Å². The molecule has 0 spiro atoms. The van der Waals surface area contributed by atoms with Gasteiger partial charge < -0.3 is 11.5 Å². The predicted molar refractivity (Wildman–Crippen MR) is 82.4 cm³/mol. The Morgan fingerprint density at radius 3 is 1.56 bits per heavy atom. The first kappa shape index (κ1) is 17.9. The van der Waals surface area contributed by atoms with Crippen molar-refractivity contribution in [3.05, 3.63) is 0 Å². The second-order valence-corrected chi connectivity index (χ2v) is 8.32. The van der Waals surface area contributed by atoms with Crippen LogP contribution in [0.25, 0.3) is 0 Å². The number of hydrogen-bond donors (Lipinski definition) is 2. The van der Waals surface area contributed by atoms with Crippen LogP contribution in [0.4, 0.5) is 0 Å². The molecule has 0 amide bonds. The Morgan fingerprint density at radius 2 is 1.22 bits per heavy atom. The molecule has 0 fully saturated rings. The lowest BCUT2D eigenvalue weighted by Gasteiger charge is -2.40. The van der Waals surface area contributed by atoms with Gasteiger partial charge in [0.15, 0.2) is 0 Å². The normalized spacial score (nSPS) is 18.8. The average molecular weight is 256 g/mol. The SMILES string of the molecule is CC(C)C(N)CC(C)(C)C(C)C(N)CC(C)(C)C. The first-order valence-corrected chi connectivity index (χ1v) is 7.38. The van der Waals surface area contributed by atoms with Gasteiger partial charge in [-0.3, -0.25) is 0 Å². The van der Waals surface area contributed by atoms with Gasteiger partial charge in [0, 0.05) is 12.1 Å².